The topological polar surface area (TPSA) is 22.4 Å². The Morgan fingerprint density at radius 1 is 1.11 bits per heavy atom. The molecule has 0 radical (unpaired) electrons. The molecule has 2 aromatic carbocycles. The minimum absolute atomic E-state index is 0.373. The van der Waals surface area contributed by atoms with Crippen LogP contribution in [0.4, 0.5) is 0 Å². The lowest BCUT2D eigenvalue weighted by atomic mass is 10.1. The van der Waals surface area contributed by atoms with Gasteiger partial charge in [-0.2, -0.15) is 0 Å². The fourth-order valence-electron chi connectivity index (χ4n) is 2.04. The normalized spacial score (nSPS) is 10.8. The molecular weight excluding hydrogens is 260 g/mol. The molecule has 0 aliphatic carbocycles. The molecule has 3 heteroatoms. The van der Waals surface area contributed by atoms with Gasteiger partial charge in [0, 0.05) is 5.39 Å². The first-order valence-electron chi connectivity index (χ1n) is 6.09. The van der Waals surface area contributed by atoms with E-state index in [-0.39, 0.29) is 0 Å². The van der Waals surface area contributed by atoms with Gasteiger partial charge < -0.3 is 9.15 Å². The van der Waals surface area contributed by atoms with Crippen molar-refractivity contribution in [2.75, 3.05) is 0 Å². The second-order valence-corrected chi connectivity index (χ2v) is 4.83. The van der Waals surface area contributed by atoms with Crippen molar-refractivity contribution in [2.24, 2.45) is 0 Å². The standard InChI is InChI=1S/C16H13ClO2/c1-11-5-4-8-15-13(11)9-12(19-15)10-18-16-7-3-2-6-14(16)17/h2-9H,10H2,1H3. The van der Waals surface area contributed by atoms with E-state index in [4.69, 9.17) is 20.8 Å². The van der Waals surface area contributed by atoms with Gasteiger partial charge in [-0.05, 0) is 36.8 Å². The Bertz CT molecular complexity index is 716. The maximum absolute atomic E-state index is 6.04. The summed E-state index contributed by atoms with van der Waals surface area (Å²) in [6.07, 6.45) is 0. The summed E-state index contributed by atoms with van der Waals surface area (Å²) in [4.78, 5) is 0. The van der Waals surface area contributed by atoms with Gasteiger partial charge in [-0.3, -0.25) is 0 Å². The van der Waals surface area contributed by atoms with E-state index in [1.54, 1.807) is 6.07 Å². The molecule has 0 atom stereocenters. The number of benzene rings is 2. The highest BCUT2D eigenvalue weighted by Crippen LogP contribution is 2.26. The summed E-state index contributed by atoms with van der Waals surface area (Å²) in [7, 11) is 0. The molecule has 0 aliphatic rings. The van der Waals surface area contributed by atoms with Crippen LogP contribution in [0.1, 0.15) is 11.3 Å². The highest BCUT2D eigenvalue weighted by atomic mass is 35.5. The van der Waals surface area contributed by atoms with Crippen molar-refractivity contribution in [1.29, 1.82) is 0 Å². The Labute approximate surface area is 116 Å². The minimum Gasteiger partial charge on any atom is -0.484 e. The van der Waals surface area contributed by atoms with Crippen molar-refractivity contribution in [3.63, 3.8) is 0 Å². The van der Waals surface area contributed by atoms with E-state index < -0.39 is 0 Å². The lowest BCUT2D eigenvalue weighted by molar-refractivity contribution is 0.274. The van der Waals surface area contributed by atoms with Gasteiger partial charge in [-0.1, -0.05) is 35.9 Å². The van der Waals surface area contributed by atoms with Gasteiger partial charge in [-0.15, -0.1) is 0 Å². The van der Waals surface area contributed by atoms with Gasteiger partial charge in [0.2, 0.25) is 0 Å². The summed E-state index contributed by atoms with van der Waals surface area (Å²) in [5.74, 6) is 1.46. The van der Waals surface area contributed by atoms with Gasteiger partial charge in [0.25, 0.3) is 0 Å². The highest BCUT2D eigenvalue weighted by Gasteiger charge is 2.07. The average molecular weight is 273 g/mol. The summed E-state index contributed by atoms with van der Waals surface area (Å²) in [5.41, 5.74) is 2.09. The molecule has 3 aromatic rings. The van der Waals surface area contributed by atoms with Gasteiger partial charge in [0.1, 0.15) is 23.7 Å². The predicted molar refractivity (Wildman–Crippen MR) is 76.7 cm³/mol. The second-order valence-electron chi connectivity index (χ2n) is 4.42. The zero-order valence-corrected chi connectivity index (χ0v) is 11.3. The average Bonchev–Trinajstić information content (AvgIpc) is 2.82. The molecule has 96 valence electrons. The summed E-state index contributed by atoms with van der Waals surface area (Å²) in [6, 6.07) is 15.4. The molecule has 0 spiro atoms. The first-order chi connectivity index (χ1) is 9.24. The summed E-state index contributed by atoms with van der Waals surface area (Å²) in [6.45, 7) is 2.44. The molecule has 0 unspecified atom stereocenters. The van der Waals surface area contributed by atoms with Crippen molar-refractivity contribution in [2.45, 2.75) is 13.5 Å². The number of fused-ring (bicyclic) bond motifs is 1. The minimum atomic E-state index is 0.373. The third-order valence-electron chi connectivity index (χ3n) is 3.04. The molecule has 2 nitrogen and oxygen atoms in total. The van der Waals surface area contributed by atoms with Crippen LogP contribution in [-0.2, 0) is 6.61 Å². The van der Waals surface area contributed by atoms with Crippen LogP contribution in [-0.4, -0.2) is 0 Å². The quantitative estimate of drug-likeness (QED) is 0.671. The van der Waals surface area contributed by atoms with Crippen molar-refractivity contribution in [1.82, 2.24) is 0 Å². The Morgan fingerprint density at radius 2 is 1.95 bits per heavy atom. The lowest BCUT2D eigenvalue weighted by Crippen LogP contribution is -1.93. The number of halogens is 1. The Kier molecular flexibility index (Phi) is 3.18. The van der Waals surface area contributed by atoms with E-state index in [1.165, 1.54) is 5.56 Å². The van der Waals surface area contributed by atoms with Crippen LogP contribution in [0.3, 0.4) is 0 Å². The molecule has 0 fully saturated rings. The van der Waals surface area contributed by atoms with Gasteiger partial charge in [0.05, 0.1) is 5.02 Å². The monoisotopic (exact) mass is 272 g/mol. The first-order valence-corrected chi connectivity index (χ1v) is 6.47. The van der Waals surface area contributed by atoms with E-state index in [9.17, 15) is 0 Å². The van der Waals surface area contributed by atoms with Crippen molar-refractivity contribution in [3.05, 3.63) is 64.9 Å². The van der Waals surface area contributed by atoms with E-state index in [0.717, 1.165) is 16.7 Å². The van der Waals surface area contributed by atoms with Crippen molar-refractivity contribution < 1.29 is 9.15 Å². The fraction of sp³-hybridized carbons (Fsp3) is 0.125. The molecule has 0 aliphatic heterocycles. The number of para-hydroxylation sites is 1. The molecular formula is C16H13ClO2. The predicted octanol–water partition coefficient (Wildman–Crippen LogP) is 4.97. The fourth-order valence-corrected chi connectivity index (χ4v) is 2.23. The SMILES string of the molecule is Cc1cccc2oc(COc3ccccc3Cl)cc12. The van der Waals surface area contributed by atoms with Gasteiger partial charge in [0.15, 0.2) is 0 Å². The largest absolute Gasteiger partial charge is 0.484 e. The second kappa shape index (κ2) is 4.98. The number of hydrogen-bond acceptors (Lipinski definition) is 2. The molecule has 0 N–H and O–H groups in total. The van der Waals surface area contributed by atoms with Crippen LogP contribution in [0.25, 0.3) is 11.0 Å². The molecule has 0 saturated carbocycles. The van der Waals surface area contributed by atoms with Gasteiger partial charge in [-0.25, -0.2) is 0 Å². The summed E-state index contributed by atoms with van der Waals surface area (Å²) < 4.78 is 11.4. The Hall–Kier alpha value is -1.93. The summed E-state index contributed by atoms with van der Waals surface area (Å²) in [5, 5.41) is 1.73. The Balaban J connectivity index is 1.83. The van der Waals surface area contributed by atoms with Crippen LogP contribution >= 0.6 is 11.6 Å². The number of hydrogen-bond donors (Lipinski definition) is 0. The molecule has 3 rings (SSSR count). The van der Waals surface area contributed by atoms with E-state index >= 15 is 0 Å². The molecule has 19 heavy (non-hydrogen) atoms. The zero-order valence-electron chi connectivity index (χ0n) is 10.5. The third kappa shape index (κ3) is 2.45. The molecule has 1 aromatic heterocycles. The number of rotatable bonds is 3. The maximum atomic E-state index is 6.04. The molecule has 0 bridgehead atoms. The number of aryl methyl sites for hydroxylation is 1. The number of ether oxygens (including phenoxy) is 1. The highest BCUT2D eigenvalue weighted by molar-refractivity contribution is 6.32. The first kappa shape index (κ1) is 12.1. The lowest BCUT2D eigenvalue weighted by Gasteiger charge is -2.05. The van der Waals surface area contributed by atoms with Crippen molar-refractivity contribution >= 4 is 22.6 Å². The van der Waals surface area contributed by atoms with Crippen molar-refractivity contribution in [3.8, 4) is 5.75 Å². The molecule has 1 heterocycles. The summed E-state index contributed by atoms with van der Waals surface area (Å²) >= 11 is 6.04. The Morgan fingerprint density at radius 3 is 2.74 bits per heavy atom. The van der Waals surface area contributed by atoms with Crippen LogP contribution in [0.15, 0.2) is 52.9 Å². The van der Waals surface area contributed by atoms with Gasteiger partial charge >= 0.3 is 0 Å². The van der Waals surface area contributed by atoms with Crippen LogP contribution < -0.4 is 4.74 Å². The van der Waals surface area contributed by atoms with E-state index in [0.29, 0.717) is 17.4 Å². The van der Waals surface area contributed by atoms with Crippen LogP contribution in [0.2, 0.25) is 5.02 Å². The number of furan rings is 1. The third-order valence-corrected chi connectivity index (χ3v) is 3.35. The molecule has 0 amide bonds. The molecule has 0 saturated heterocycles. The maximum Gasteiger partial charge on any atom is 0.146 e. The van der Waals surface area contributed by atoms with E-state index in [2.05, 4.69) is 13.0 Å². The smallest absolute Gasteiger partial charge is 0.146 e. The zero-order chi connectivity index (χ0) is 13.2. The van der Waals surface area contributed by atoms with Crippen LogP contribution in [0, 0.1) is 6.92 Å². The van der Waals surface area contributed by atoms with E-state index in [1.807, 2.05) is 36.4 Å². The van der Waals surface area contributed by atoms with Crippen LogP contribution in [0.5, 0.6) is 5.75 Å².